The molecule has 5 nitrogen and oxygen atoms in total. The van der Waals surface area contributed by atoms with Gasteiger partial charge < -0.3 is 10.4 Å². The highest BCUT2D eigenvalue weighted by Gasteiger charge is 2.53. The molecule has 1 fully saturated rings. The van der Waals surface area contributed by atoms with Crippen LogP contribution in [0.15, 0.2) is 78.9 Å². The Morgan fingerprint density at radius 3 is 2.45 bits per heavy atom. The number of amides is 2. The third-order valence-corrected chi connectivity index (χ3v) is 6.37. The van der Waals surface area contributed by atoms with Crippen molar-refractivity contribution < 1.29 is 14.3 Å². The number of para-hydroxylation sites is 1. The van der Waals surface area contributed by atoms with Crippen molar-refractivity contribution >= 4 is 17.4 Å². The van der Waals surface area contributed by atoms with Crippen LogP contribution < -0.4 is 10.2 Å². The Morgan fingerprint density at radius 1 is 1.00 bits per heavy atom. The number of carbonyl (C=O) groups excluding carboxylic acids is 1. The number of hydrogen-bond acceptors (Lipinski definition) is 3. The second-order valence-electron chi connectivity index (χ2n) is 8.11. The number of anilines is 2. The van der Waals surface area contributed by atoms with Crippen LogP contribution >= 0.6 is 0 Å². The lowest BCUT2D eigenvalue weighted by Crippen LogP contribution is -2.69. The van der Waals surface area contributed by atoms with Crippen molar-refractivity contribution in [2.24, 2.45) is 0 Å². The van der Waals surface area contributed by atoms with Crippen LogP contribution in [-0.4, -0.2) is 41.3 Å². The first-order valence-corrected chi connectivity index (χ1v) is 10.5. The minimum Gasteiger partial charge on any atom is -0.395 e. The van der Waals surface area contributed by atoms with Crippen LogP contribution in [0, 0.1) is 5.82 Å². The maximum Gasteiger partial charge on any atom is 0.326 e. The van der Waals surface area contributed by atoms with Gasteiger partial charge in [0.25, 0.3) is 0 Å². The molecule has 2 heterocycles. The SMILES string of the molecule is O=C(Nc1ccc(F)cc1)N1C[C@H]2[C@@H](c3ccccc31)[C@H](CO)N2Cc1ccccc1. The summed E-state index contributed by atoms with van der Waals surface area (Å²) < 4.78 is 13.2. The fourth-order valence-corrected chi connectivity index (χ4v) is 4.91. The molecule has 1 saturated heterocycles. The summed E-state index contributed by atoms with van der Waals surface area (Å²) in [7, 11) is 0. The van der Waals surface area contributed by atoms with Crippen molar-refractivity contribution in [1.29, 1.82) is 0 Å². The molecule has 0 spiro atoms. The summed E-state index contributed by atoms with van der Waals surface area (Å²) in [5.74, 6) is -0.162. The molecule has 158 valence electrons. The Labute approximate surface area is 180 Å². The first-order valence-electron chi connectivity index (χ1n) is 10.5. The molecule has 2 N–H and O–H groups in total. The maximum absolute atomic E-state index is 13.2. The molecule has 6 heteroatoms. The van der Waals surface area contributed by atoms with Crippen molar-refractivity contribution in [2.75, 3.05) is 23.4 Å². The topological polar surface area (TPSA) is 55.8 Å². The van der Waals surface area contributed by atoms with E-state index in [1.54, 1.807) is 17.0 Å². The van der Waals surface area contributed by atoms with E-state index in [1.165, 1.54) is 17.7 Å². The number of carbonyl (C=O) groups is 1. The zero-order valence-corrected chi connectivity index (χ0v) is 17.0. The molecule has 3 aromatic carbocycles. The van der Waals surface area contributed by atoms with E-state index < -0.39 is 0 Å². The van der Waals surface area contributed by atoms with Crippen molar-refractivity contribution in [1.82, 2.24) is 4.90 Å². The Kier molecular flexibility index (Phi) is 5.18. The van der Waals surface area contributed by atoms with Gasteiger partial charge in [-0.25, -0.2) is 9.18 Å². The molecule has 0 unspecified atom stereocenters. The lowest BCUT2D eigenvalue weighted by atomic mass is 9.72. The summed E-state index contributed by atoms with van der Waals surface area (Å²) >= 11 is 0. The Morgan fingerprint density at radius 2 is 1.71 bits per heavy atom. The van der Waals surface area contributed by atoms with Gasteiger partial charge in [0.15, 0.2) is 0 Å². The van der Waals surface area contributed by atoms with Gasteiger partial charge in [-0.15, -0.1) is 0 Å². The number of aliphatic hydroxyl groups is 1. The highest BCUT2D eigenvalue weighted by Crippen LogP contribution is 2.48. The van der Waals surface area contributed by atoms with Gasteiger partial charge in [-0.1, -0.05) is 48.5 Å². The number of fused-ring (bicyclic) bond motifs is 3. The van der Waals surface area contributed by atoms with Crippen molar-refractivity contribution in [3.8, 4) is 0 Å². The molecule has 0 aromatic heterocycles. The molecule has 3 atom stereocenters. The first-order chi connectivity index (χ1) is 15.2. The zero-order valence-electron chi connectivity index (χ0n) is 17.0. The Bertz CT molecular complexity index is 1070. The summed E-state index contributed by atoms with van der Waals surface area (Å²) in [5, 5.41) is 13.0. The van der Waals surface area contributed by atoms with Crippen LogP contribution in [0.4, 0.5) is 20.6 Å². The number of nitrogens with zero attached hydrogens (tertiary/aromatic N) is 2. The third-order valence-electron chi connectivity index (χ3n) is 6.37. The summed E-state index contributed by atoms with van der Waals surface area (Å²) in [6.45, 7) is 1.32. The van der Waals surface area contributed by atoms with E-state index in [0.717, 1.165) is 17.8 Å². The van der Waals surface area contributed by atoms with Crippen molar-refractivity contribution in [3.63, 3.8) is 0 Å². The van der Waals surface area contributed by atoms with Crippen molar-refractivity contribution in [2.45, 2.75) is 24.5 Å². The molecule has 2 aliphatic rings. The van der Waals surface area contributed by atoms with Crippen LogP contribution in [0.2, 0.25) is 0 Å². The average Bonchev–Trinajstić information content (AvgIpc) is 2.79. The molecule has 0 radical (unpaired) electrons. The van der Waals surface area contributed by atoms with Gasteiger partial charge in [0.2, 0.25) is 0 Å². The minimum absolute atomic E-state index is 0.0219. The molecule has 3 aromatic rings. The molecule has 5 rings (SSSR count). The smallest absolute Gasteiger partial charge is 0.326 e. The molecule has 0 aliphatic carbocycles. The van der Waals surface area contributed by atoms with E-state index in [4.69, 9.17) is 0 Å². The molecule has 0 saturated carbocycles. The molecular weight excluding hydrogens is 393 g/mol. The van der Waals surface area contributed by atoms with E-state index in [1.807, 2.05) is 42.5 Å². The molecule has 31 heavy (non-hydrogen) atoms. The summed E-state index contributed by atoms with van der Waals surface area (Å²) in [6.07, 6.45) is 0. The largest absolute Gasteiger partial charge is 0.395 e. The van der Waals surface area contributed by atoms with E-state index in [0.29, 0.717) is 12.2 Å². The Balaban J connectivity index is 1.43. The predicted octanol–water partition coefficient (Wildman–Crippen LogP) is 4.21. The molecule has 0 bridgehead atoms. The second kappa shape index (κ2) is 8.13. The zero-order chi connectivity index (χ0) is 21.4. The minimum atomic E-state index is -0.342. The predicted molar refractivity (Wildman–Crippen MR) is 119 cm³/mol. The van der Waals surface area contributed by atoms with E-state index in [-0.39, 0.29) is 36.5 Å². The quantitative estimate of drug-likeness (QED) is 0.669. The fourth-order valence-electron chi connectivity index (χ4n) is 4.91. The number of benzene rings is 3. The van der Waals surface area contributed by atoms with Crippen LogP contribution in [0.25, 0.3) is 0 Å². The van der Waals surface area contributed by atoms with Gasteiger partial charge in [0.05, 0.1) is 6.61 Å². The summed E-state index contributed by atoms with van der Waals surface area (Å²) in [6, 6.07) is 23.7. The monoisotopic (exact) mass is 417 g/mol. The molecule has 2 amide bonds. The van der Waals surface area contributed by atoms with Gasteiger partial charge in [-0.3, -0.25) is 9.80 Å². The average molecular weight is 417 g/mol. The van der Waals surface area contributed by atoms with Gasteiger partial charge in [-0.2, -0.15) is 0 Å². The van der Waals surface area contributed by atoms with Gasteiger partial charge >= 0.3 is 6.03 Å². The van der Waals surface area contributed by atoms with E-state index in [2.05, 4.69) is 22.3 Å². The summed E-state index contributed by atoms with van der Waals surface area (Å²) in [5.41, 5.74) is 3.67. The fraction of sp³-hybridized carbons (Fsp3) is 0.240. The van der Waals surface area contributed by atoms with Crippen LogP contribution in [0.3, 0.4) is 0 Å². The van der Waals surface area contributed by atoms with Crippen LogP contribution in [0.5, 0.6) is 0 Å². The highest BCUT2D eigenvalue weighted by atomic mass is 19.1. The number of halogens is 1. The molecule has 2 aliphatic heterocycles. The number of aliphatic hydroxyl groups excluding tert-OH is 1. The standard InChI is InChI=1S/C25H24FN3O2/c26-18-10-12-19(13-11-18)27-25(31)29-15-22-24(20-8-4-5-9-21(20)29)23(16-30)28(22)14-17-6-2-1-3-7-17/h1-13,22-24,30H,14-16H2,(H,27,31)/t22-,23-,24+/m0/s1. The maximum atomic E-state index is 13.2. The lowest BCUT2D eigenvalue weighted by Gasteiger charge is -2.59. The molecular formula is C25H24FN3O2. The van der Waals surface area contributed by atoms with Gasteiger partial charge in [-0.05, 0) is 41.5 Å². The van der Waals surface area contributed by atoms with Crippen LogP contribution in [-0.2, 0) is 6.54 Å². The lowest BCUT2D eigenvalue weighted by molar-refractivity contribution is -0.0484. The highest BCUT2D eigenvalue weighted by molar-refractivity contribution is 6.02. The first kappa shape index (κ1) is 19.7. The number of rotatable bonds is 4. The Hall–Kier alpha value is -3.22. The van der Waals surface area contributed by atoms with Gasteiger partial charge in [0.1, 0.15) is 5.82 Å². The number of hydrogen-bond donors (Lipinski definition) is 2. The van der Waals surface area contributed by atoms with E-state index >= 15 is 0 Å². The second-order valence-corrected chi connectivity index (χ2v) is 8.11. The van der Waals surface area contributed by atoms with Gasteiger partial charge in [0, 0.05) is 42.5 Å². The van der Waals surface area contributed by atoms with E-state index in [9.17, 15) is 14.3 Å². The summed E-state index contributed by atoms with van der Waals surface area (Å²) in [4.78, 5) is 17.2. The number of urea groups is 1. The van der Waals surface area contributed by atoms with Crippen LogP contribution in [0.1, 0.15) is 17.0 Å². The third kappa shape index (κ3) is 3.58. The van der Waals surface area contributed by atoms with Crippen molar-refractivity contribution in [3.05, 3.63) is 95.8 Å². The normalized spacial score (nSPS) is 22.3. The number of likely N-dealkylation sites (tertiary alicyclic amines) is 1. The number of nitrogens with one attached hydrogen (secondary N) is 1.